The molecule has 0 unspecified atom stereocenters. The molecule has 0 aliphatic rings. The Labute approximate surface area is 109 Å². The Morgan fingerprint density at radius 3 is 2.75 bits per heavy atom. The van der Waals surface area contributed by atoms with Crippen molar-refractivity contribution < 1.29 is 0 Å². The van der Waals surface area contributed by atoms with Gasteiger partial charge in [0.1, 0.15) is 0 Å². The van der Waals surface area contributed by atoms with Gasteiger partial charge in [-0.1, -0.05) is 34.1 Å². The van der Waals surface area contributed by atoms with Gasteiger partial charge in [-0.05, 0) is 38.2 Å². The van der Waals surface area contributed by atoms with Crippen LogP contribution in [-0.4, -0.2) is 13.6 Å². The van der Waals surface area contributed by atoms with Crippen LogP contribution < -0.4 is 5.32 Å². The Bertz CT molecular complexity index is 464. The van der Waals surface area contributed by atoms with Crippen LogP contribution in [0.25, 0.3) is 10.4 Å². The molecule has 2 rings (SSSR count). The lowest BCUT2D eigenvalue weighted by atomic mass is 10.2. The first-order valence-electron chi connectivity index (χ1n) is 5.29. The van der Waals surface area contributed by atoms with Gasteiger partial charge in [0, 0.05) is 19.8 Å². The third-order valence-electron chi connectivity index (χ3n) is 2.42. The van der Waals surface area contributed by atoms with Gasteiger partial charge in [-0.25, -0.2) is 0 Å². The standard InChI is InChI=1S/C13H14BrNS/c1-15-9-8-10-6-7-13(16-10)11-4-2-3-5-12(11)14/h2-7,15H,8-9H2,1H3. The second-order valence-corrected chi connectivity index (χ2v) is 5.62. The van der Waals surface area contributed by atoms with Gasteiger partial charge in [0.2, 0.25) is 0 Å². The first kappa shape index (κ1) is 11.8. The minimum Gasteiger partial charge on any atom is -0.319 e. The molecule has 0 bridgehead atoms. The minimum absolute atomic E-state index is 1.04. The summed E-state index contributed by atoms with van der Waals surface area (Å²) in [5.74, 6) is 0. The number of halogens is 1. The predicted molar refractivity (Wildman–Crippen MR) is 75.1 cm³/mol. The first-order valence-corrected chi connectivity index (χ1v) is 6.90. The Hall–Kier alpha value is -0.640. The molecule has 0 spiro atoms. The normalized spacial score (nSPS) is 10.6. The maximum atomic E-state index is 3.59. The molecule has 3 heteroatoms. The van der Waals surface area contributed by atoms with Crippen molar-refractivity contribution in [2.75, 3.05) is 13.6 Å². The Kier molecular flexibility index (Phi) is 4.16. The summed E-state index contributed by atoms with van der Waals surface area (Å²) in [6.07, 6.45) is 1.10. The van der Waals surface area contributed by atoms with E-state index in [9.17, 15) is 0 Å². The minimum atomic E-state index is 1.04. The van der Waals surface area contributed by atoms with Crippen LogP contribution in [0.1, 0.15) is 4.88 Å². The summed E-state index contributed by atoms with van der Waals surface area (Å²) in [5, 5.41) is 3.17. The zero-order valence-electron chi connectivity index (χ0n) is 9.16. The van der Waals surface area contributed by atoms with E-state index in [1.807, 2.05) is 24.5 Å². The fraction of sp³-hybridized carbons (Fsp3) is 0.231. The second kappa shape index (κ2) is 5.62. The van der Waals surface area contributed by atoms with Crippen LogP contribution in [-0.2, 0) is 6.42 Å². The van der Waals surface area contributed by atoms with Crippen molar-refractivity contribution in [2.24, 2.45) is 0 Å². The smallest absolute Gasteiger partial charge is 0.0356 e. The summed E-state index contributed by atoms with van der Waals surface area (Å²) in [4.78, 5) is 2.76. The highest BCUT2D eigenvalue weighted by molar-refractivity contribution is 9.10. The summed E-state index contributed by atoms with van der Waals surface area (Å²) in [6.45, 7) is 1.04. The van der Waals surface area contributed by atoms with Crippen LogP contribution in [0.4, 0.5) is 0 Å². The van der Waals surface area contributed by atoms with Crippen molar-refractivity contribution in [2.45, 2.75) is 6.42 Å². The lowest BCUT2D eigenvalue weighted by Gasteiger charge is -2.00. The topological polar surface area (TPSA) is 12.0 Å². The molecule has 1 N–H and O–H groups in total. The van der Waals surface area contributed by atoms with E-state index in [2.05, 4.69) is 51.6 Å². The molecule has 84 valence electrons. The van der Waals surface area contributed by atoms with E-state index in [0.717, 1.165) is 17.4 Å². The quantitative estimate of drug-likeness (QED) is 0.901. The average Bonchev–Trinajstić information content (AvgIpc) is 2.75. The van der Waals surface area contributed by atoms with Gasteiger partial charge in [-0.3, -0.25) is 0 Å². The number of nitrogens with one attached hydrogen (secondary N) is 1. The van der Waals surface area contributed by atoms with Gasteiger partial charge in [-0.15, -0.1) is 11.3 Å². The fourth-order valence-corrected chi connectivity index (χ4v) is 3.24. The average molecular weight is 296 g/mol. The Morgan fingerprint density at radius 1 is 1.19 bits per heavy atom. The van der Waals surface area contributed by atoms with E-state index in [1.165, 1.54) is 15.3 Å². The molecule has 1 nitrogen and oxygen atoms in total. The highest BCUT2D eigenvalue weighted by atomic mass is 79.9. The molecule has 0 radical (unpaired) electrons. The third-order valence-corrected chi connectivity index (χ3v) is 4.29. The molecule has 0 atom stereocenters. The van der Waals surface area contributed by atoms with E-state index in [0.29, 0.717) is 0 Å². The van der Waals surface area contributed by atoms with E-state index in [1.54, 1.807) is 0 Å². The summed E-state index contributed by atoms with van der Waals surface area (Å²) in [5.41, 5.74) is 1.28. The number of benzene rings is 1. The number of thiophene rings is 1. The van der Waals surface area contributed by atoms with Crippen LogP contribution in [0.3, 0.4) is 0 Å². The summed E-state index contributed by atoms with van der Waals surface area (Å²) in [6, 6.07) is 12.8. The number of hydrogen-bond donors (Lipinski definition) is 1. The number of likely N-dealkylation sites (N-methyl/N-ethyl adjacent to an activating group) is 1. The summed E-state index contributed by atoms with van der Waals surface area (Å²) >= 11 is 5.46. The van der Waals surface area contributed by atoms with Crippen LogP contribution in [0, 0.1) is 0 Å². The molecule has 0 saturated heterocycles. The molecule has 16 heavy (non-hydrogen) atoms. The first-order chi connectivity index (χ1) is 7.81. The van der Waals surface area contributed by atoms with E-state index in [-0.39, 0.29) is 0 Å². The van der Waals surface area contributed by atoms with Crippen molar-refractivity contribution in [1.29, 1.82) is 0 Å². The summed E-state index contributed by atoms with van der Waals surface area (Å²) in [7, 11) is 1.99. The highest BCUT2D eigenvalue weighted by Gasteiger charge is 2.05. The summed E-state index contributed by atoms with van der Waals surface area (Å²) < 4.78 is 1.16. The number of rotatable bonds is 4. The van der Waals surface area contributed by atoms with E-state index < -0.39 is 0 Å². The zero-order valence-corrected chi connectivity index (χ0v) is 11.6. The van der Waals surface area contributed by atoms with Crippen molar-refractivity contribution >= 4 is 27.3 Å². The molecule has 0 saturated carbocycles. The molecule has 0 aliphatic carbocycles. The Morgan fingerprint density at radius 2 is 2.00 bits per heavy atom. The van der Waals surface area contributed by atoms with Crippen LogP contribution >= 0.6 is 27.3 Å². The monoisotopic (exact) mass is 295 g/mol. The lowest BCUT2D eigenvalue weighted by molar-refractivity contribution is 0.799. The van der Waals surface area contributed by atoms with Gasteiger partial charge in [-0.2, -0.15) is 0 Å². The highest BCUT2D eigenvalue weighted by Crippen LogP contribution is 2.33. The van der Waals surface area contributed by atoms with Crippen LogP contribution in [0.15, 0.2) is 40.9 Å². The van der Waals surface area contributed by atoms with Gasteiger partial charge in [0.25, 0.3) is 0 Å². The SMILES string of the molecule is CNCCc1ccc(-c2ccccc2Br)s1. The van der Waals surface area contributed by atoms with E-state index >= 15 is 0 Å². The molecule has 1 aromatic carbocycles. The van der Waals surface area contributed by atoms with Crippen molar-refractivity contribution in [3.63, 3.8) is 0 Å². The van der Waals surface area contributed by atoms with Crippen LogP contribution in [0.5, 0.6) is 0 Å². The van der Waals surface area contributed by atoms with Crippen molar-refractivity contribution in [1.82, 2.24) is 5.32 Å². The molecular formula is C13H14BrNS. The lowest BCUT2D eigenvalue weighted by Crippen LogP contribution is -2.09. The van der Waals surface area contributed by atoms with Gasteiger partial charge in [0.05, 0.1) is 0 Å². The molecule has 1 heterocycles. The van der Waals surface area contributed by atoms with Crippen molar-refractivity contribution in [3.8, 4) is 10.4 Å². The van der Waals surface area contributed by atoms with E-state index in [4.69, 9.17) is 0 Å². The van der Waals surface area contributed by atoms with Gasteiger partial charge in [0.15, 0.2) is 0 Å². The molecular weight excluding hydrogens is 282 g/mol. The van der Waals surface area contributed by atoms with Crippen molar-refractivity contribution in [3.05, 3.63) is 45.7 Å². The number of hydrogen-bond acceptors (Lipinski definition) is 2. The maximum Gasteiger partial charge on any atom is 0.0356 e. The third kappa shape index (κ3) is 2.73. The Balaban J connectivity index is 2.22. The maximum absolute atomic E-state index is 3.59. The van der Waals surface area contributed by atoms with Gasteiger partial charge < -0.3 is 5.32 Å². The molecule has 0 aliphatic heterocycles. The molecule has 0 amide bonds. The van der Waals surface area contributed by atoms with Gasteiger partial charge >= 0.3 is 0 Å². The van der Waals surface area contributed by atoms with Crippen LogP contribution in [0.2, 0.25) is 0 Å². The molecule has 0 fully saturated rings. The fourth-order valence-electron chi connectivity index (χ4n) is 1.57. The molecule has 2 aromatic rings. The predicted octanol–water partition coefficient (Wildman–Crippen LogP) is 3.94. The second-order valence-electron chi connectivity index (χ2n) is 3.60. The molecule has 1 aromatic heterocycles. The largest absolute Gasteiger partial charge is 0.319 e. The zero-order chi connectivity index (χ0) is 11.4.